The average Bonchev–Trinajstić information content (AvgIpc) is 3.31. The Hall–Kier alpha value is -2.26. The van der Waals surface area contributed by atoms with Gasteiger partial charge < -0.3 is 34.6 Å². The molecule has 0 aliphatic rings. The van der Waals surface area contributed by atoms with Gasteiger partial charge in [0.15, 0.2) is 0 Å². The smallest absolute Gasteiger partial charge is 0.463 e. The van der Waals surface area contributed by atoms with Crippen LogP contribution in [0.3, 0.4) is 0 Å². The summed E-state index contributed by atoms with van der Waals surface area (Å²) in [5.74, 6) is -1.02. The molecule has 0 aromatic rings. The monoisotopic (exact) mass is 1010 g/mol. The summed E-state index contributed by atoms with van der Waals surface area (Å²) in [6.45, 7) is 0.286. The van der Waals surface area contributed by atoms with Gasteiger partial charge in [-0.15, -0.1) is 0 Å². The number of rotatable bonds is 49. The summed E-state index contributed by atoms with van der Waals surface area (Å²) in [5, 5.41) is 30.1. The van der Waals surface area contributed by atoms with Crippen LogP contribution in [0.25, 0.3) is 0 Å². The van der Waals surface area contributed by atoms with Crippen LogP contribution in [0.15, 0.2) is 60.8 Å². The van der Waals surface area contributed by atoms with E-state index < -0.39 is 85.5 Å². The number of ether oxygens (including phenoxy) is 2. The third-order valence-electron chi connectivity index (χ3n) is 10.5. The van der Waals surface area contributed by atoms with Gasteiger partial charge in [0.2, 0.25) is 0 Å². The number of carbonyl (C=O) groups excluding carboxylic acids is 2. The van der Waals surface area contributed by atoms with Crippen molar-refractivity contribution in [3.05, 3.63) is 60.8 Å². The van der Waals surface area contributed by atoms with Crippen LogP contribution in [0.2, 0.25) is 0 Å². The molecule has 396 valence electrons. The number of hydrogen-bond acceptors (Lipinski definition) is 13. The van der Waals surface area contributed by atoms with E-state index in [9.17, 15) is 43.8 Å². The van der Waals surface area contributed by atoms with Crippen molar-refractivity contribution in [1.82, 2.24) is 0 Å². The lowest BCUT2D eigenvalue weighted by atomic mass is 10.0. The Labute approximate surface area is 410 Å². The molecule has 0 heterocycles. The molecule has 0 rings (SSSR count). The molecule has 0 aliphatic carbocycles. The fraction of sp³-hybridized carbons (Fsp3) is 0.765. The first-order valence-electron chi connectivity index (χ1n) is 25.6. The number of phosphoric ester groups is 2. The summed E-state index contributed by atoms with van der Waals surface area (Å²) in [6, 6.07) is 0. The zero-order chi connectivity index (χ0) is 50.2. The molecule has 17 heteroatoms. The molecule has 0 aromatic heterocycles. The van der Waals surface area contributed by atoms with Crippen LogP contribution in [0.4, 0.5) is 0 Å². The Kier molecular flexibility index (Phi) is 45.5. The van der Waals surface area contributed by atoms with E-state index in [1.54, 1.807) is 0 Å². The van der Waals surface area contributed by atoms with Gasteiger partial charge in [-0.25, -0.2) is 9.13 Å². The molecule has 15 nitrogen and oxygen atoms in total. The second kappa shape index (κ2) is 47.1. The fourth-order valence-electron chi connectivity index (χ4n) is 6.53. The van der Waals surface area contributed by atoms with E-state index in [-0.39, 0.29) is 12.8 Å². The fourth-order valence-corrected chi connectivity index (χ4v) is 8.12. The van der Waals surface area contributed by atoms with Gasteiger partial charge in [0.25, 0.3) is 0 Å². The van der Waals surface area contributed by atoms with Crippen LogP contribution in [-0.2, 0) is 46.3 Å². The molecule has 0 bridgehead atoms. The minimum atomic E-state index is -4.80. The highest BCUT2D eigenvalue weighted by Crippen LogP contribution is 2.45. The van der Waals surface area contributed by atoms with E-state index >= 15 is 0 Å². The summed E-state index contributed by atoms with van der Waals surface area (Å²) in [6.07, 6.45) is 46.3. The topological polar surface area (TPSA) is 225 Å². The van der Waals surface area contributed by atoms with Gasteiger partial charge in [-0.3, -0.25) is 27.7 Å². The highest BCUT2D eigenvalue weighted by atomic mass is 31.2. The number of esters is 2. The molecular weight excluding hydrogens is 914 g/mol. The standard InChI is InChI=1S/C51H92O15P2/c1-3-5-7-9-11-13-15-17-19-21-22-24-26-28-30-32-34-36-38-40-51(56)62-42-48(53)44-64-68(59,60)66-46-49(54)45-65-67(57,58)63-43-47(52)41-61-50(55)39-37-35-33-31-29-27-25-23-20-18-16-14-12-10-8-6-4-2/h5,7,11,13,17,19,22,24,28,30,47-49,52-54H,3-4,6,8-10,12,14-16,18,20-21,23,25-27,29,31-46H2,1-2H3,(H,57,58)(H,59,60)/b7-5-,13-11-,19-17-,24-22-,30-28-. The van der Waals surface area contributed by atoms with Gasteiger partial charge in [-0.2, -0.15) is 0 Å². The number of aliphatic hydroxyl groups excluding tert-OH is 3. The lowest BCUT2D eigenvalue weighted by Crippen LogP contribution is -2.25. The minimum Gasteiger partial charge on any atom is -0.463 e. The summed E-state index contributed by atoms with van der Waals surface area (Å²) in [5.41, 5.74) is 0. The molecule has 0 radical (unpaired) electrons. The van der Waals surface area contributed by atoms with E-state index in [0.29, 0.717) is 12.8 Å². The zero-order valence-electron chi connectivity index (χ0n) is 41.8. The maximum Gasteiger partial charge on any atom is 0.472 e. The van der Waals surface area contributed by atoms with Gasteiger partial charge in [-0.1, -0.05) is 184 Å². The van der Waals surface area contributed by atoms with E-state index in [0.717, 1.165) is 70.6 Å². The number of phosphoric acid groups is 2. The van der Waals surface area contributed by atoms with Crippen LogP contribution >= 0.6 is 15.6 Å². The molecule has 0 aromatic carbocycles. The summed E-state index contributed by atoms with van der Waals surface area (Å²) < 4.78 is 53.1. The van der Waals surface area contributed by atoms with Gasteiger partial charge in [0.05, 0.1) is 26.4 Å². The molecule has 0 fully saturated rings. The number of carbonyl (C=O) groups is 2. The molecule has 5 unspecified atom stereocenters. The second-order valence-corrected chi connectivity index (χ2v) is 20.1. The molecule has 5 atom stereocenters. The normalized spacial score (nSPS) is 15.5. The summed E-state index contributed by atoms with van der Waals surface area (Å²) in [4.78, 5) is 43.8. The van der Waals surface area contributed by atoms with Crippen LogP contribution in [-0.4, -0.2) is 95.0 Å². The van der Waals surface area contributed by atoms with E-state index in [2.05, 4.69) is 88.2 Å². The van der Waals surface area contributed by atoms with E-state index in [1.807, 2.05) is 0 Å². The largest absolute Gasteiger partial charge is 0.472 e. The number of allylic oxidation sites excluding steroid dienone is 10. The quantitative estimate of drug-likeness (QED) is 0.0165. The molecule has 5 N–H and O–H groups in total. The maximum atomic E-state index is 12.2. The Bertz CT molecular complexity index is 1450. The number of hydrogen-bond donors (Lipinski definition) is 5. The van der Waals surface area contributed by atoms with Gasteiger partial charge in [0, 0.05) is 12.8 Å². The van der Waals surface area contributed by atoms with E-state index in [4.69, 9.17) is 14.0 Å². The predicted molar refractivity (Wildman–Crippen MR) is 270 cm³/mol. The number of unbranched alkanes of at least 4 members (excludes halogenated alkanes) is 19. The van der Waals surface area contributed by atoms with Crippen LogP contribution < -0.4 is 0 Å². The molecule has 68 heavy (non-hydrogen) atoms. The predicted octanol–water partition coefficient (Wildman–Crippen LogP) is 12.2. The van der Waals surface area contributed by atoms with Crippen LogP contribution in [0.1, 0.15) is 194 Å². The van der Waals surface area contributed by atoms with Crippen molar-refractivity contribution in [3.63, 3.8) is 0 Å². The Balaban J connectivity index is 3.90. The lowest BCUT2D eigenvalue weighted by Gasteiger charge is -2.19. The average molecular weight is 1010 g/mol. The molecule has 0 saturated carbocycles. The molecule has 0 saturated heterocycles. The molecule has 0 spiro atoms. The Morgan fingerprint density at radius 3 is 1.01 bits per heavy atom. The Morgan fingerprint density at radius 2 is 0.676 bits per heavy atom. The highest BCUT2D eigenvalue weighted by molar-refractivity contribution is 7.47. The van der Waals surface area contributed by atoms with E-state index in [1.165, 1.54) is 83.5 Å². The van der Waals surface area contributed by atoms with Crippen molar-refractivity contribution >= 4 is 27.6 Å². The first kappa shape index (κ1) is 65.7. The van der Waals surface area contributed by atoms with Gasteiger partial charge in [-0.05, 0) is 57.8 Å². The second-order valence-electron chi connectivity index (χ2n) is 17.2. The lowest BCUT2D eigenvalue weighted by molar-refractivity contribution is -0.148. The third kappa shape index (κ3) is 48.8. The van der Waals surface area contributed by atoms with Crippen molar-refractivity contribution < 1.29 is 71.4 Å². The van der Waals surface area contributed by atoms with Crippen molar-refractivity contribution in [1.29, 1.82) is 0 Å². The highest BCUT2D eigenvalue weighted by Gasteiger charge is 2.28. The van der Waals surface area contributed by atoms with Crippen molar-refractivity contribution in [2.75, 3.05) is 39.6 Å². The summed E-state index contributed by atoms with van der Waals surface area (Å²) in [7, 11) is -9.59. The van der Waals surface area contributed by atoms with Crippen molar-refractivity contribution in [2.24, 2.45) is 0 Å². The molecular formula is C51H92O15P2. The SMILES string of the molecule is CC/C=C\C/C=C\C/C=C\C/C=C\C/C=C\CCCCCC(=O)OCC(O)COP(=O)(O)OCC(O)COP(=O)(O)OCC(O)COC(=O)CCCCCCCCCCCCCCCCCCC. The van der Waals surface area contributed by atoms with Gasteiger partial charge >= 0.3 is 27.6 Å². The first-order valence-corrected chi connectivity index (χ1v) is 28.6. The van der Waals surface area contributed by atoms with Crippen molar-refractivity contribution in [3.8, 4) is 0 Å². The maximum absolute atomic E-state index is 12.2. The molecule has 0 aliphatic heterocycles. The van der Waals surface area contributed by atoms with Crippen LogP contribution in [0.5, 0.6) is 0 Å². The summed E-state index contributed by atoms with van der Waals surface area (Å²) >= 11 is 0. The number of aliphatic hydroxyl groups is 3. The Morgan fingerprint density at radius 1 is 0.397 bits per heavy atom. The molecule has 0 amide bonds. The van der Waals surface area contributed by atoms with Gasteiger partial charge in [0.1, 0.15) is 31.5 Å². The minimum absolute atomic E-state index is 0.155. The zero-order valence-corrected chi connectivity index (χ0v) is 43.5. The van der Waals surface area contributed by atoms with Crippen molar-refractivity contribution in [2.45, 2.75) is 212 Å². The first-order chi connectivity index (χ1) is 32.8. The van der Waals surface area contributed by atoms with Crippen LogP contribution in [0, 0.1) is 0 Å². The third-order valence-corrected chi connectivity index (χ3v) is 12.4.